The molecule has 1 aromatic rings. The molecule has 0 spiro atoms. The van der Waals surface area contributed by atoms with E-state index in [-0.39, 0.29) is 16.3 Å². The van der Waals surface area contributed by atoms with E-state index in [1.54, 1.807) is 0 Å². The van der Waals surface area contributed by atoms with Gasteiger partial charge in [0.15, 0.2) is 0 Å². The summed E-state index contributed by atoms with van der Waals surface area (Å²) in [6.07, 6.45) is -1.28. The van der Waals surface area contributed by atoms with Gasteiger partial charge in [-0.2, -0.15) is 0 Å². The number of aliphatic hydroxyl groups is 1. The first kappa shape index (κ1) is 10.9. The minimum absolute atomic E-state index is 0.111. The van der Waals surface area contributed by atoms with Crippen molar-refractivity contribution >= 4 is 17.3 Å². The number of halogens is 2. The van der Waals surface area contributed by atoms with E-state index in [0.717, 1.165) is 6.07 Å². The van der Waals surface area contributed by atoms with E-state index >= 15 is 0 Å². The van der Waals surface area contributed by atoms with Crippen molar-refractivity contribution in [2.24, 2.45) is 0 Å². The number of hydrogen-bond donors (Lipinski definition) is 1. The summed E-state index contributed by atoms with van der Waals surface area (Å²) in [5.41, 5.74) is -0.0374. The molecule has 0 amide bonds. The van der Waals surface area contributed by atoms with Crippen molar-refractivity contribution in [3.63, 3.8) is 0 Å². The largest absolute Gasteiger partial charge is 0.386 e. The number of rotatable bonds is 3. The van der Waals surface area contributed by atoms with E-state index in [4.69, 9.17) is 16.7 Å². The van der Waals surface area contributed by atoms with Crippen LogP contribution in [-0.2, 0) is 0 Å². The number of aliphatic hydroxyl groups excluding tert-OH is 1. The lowest BCUT2D eigenvalue weighted by molar-refractivity contribution is -0.384. The molecule has 76 valence electrons. The van der Waals surface area contributed by atoms with Crippen LogP contribution in [0.1, 0.15) is 11.7 Å². The average molecular weight is 220 g/mol. The van der Waals surface area contributed by atoms with E-state index in [2.05, 4.69) is 0 Å². The van der Waals surface area contributed by atoms with Gasteiger partial charge in [-0.05, 0) is 17.7 Å². The molecule has 0 heterocycles. The molecular weight excluding hydrogens is 213 g/mol. The Morgan fingerprint density at radius 1 is 1.64 bits per heavy atom. The highest BCUT2D eigenvalue weighted by Gasteiger charge is 2.15. The number of nitrogens with zero attached hydrogens (tertiary/aromatic N) is 1. The van der Waals surface area contributed by atoms with E-state index in [1.165, 1.54) is 12.1 Å². The molecule has 0 saturated heterocycles. The Morgan fingerprint density at radius 3 is 2.71 bits per heavy atom. The zero-order valence-electron chi connectivity index (χ0n) is 6.98. The first-order valence-corrected chi connectivity index (χ1v) is 4.12. The highest BCUT2D eigenvalue weighted by atomic mass is 35.5. The van der Waals surface area contributed by atoms with Crippen molar-refractivity contribution in [3.8, 4) is 0 Å². The molecule has 0 aromatic heterocycles. The highest BCUT2D eigenvalue weighted by Crippen LogP contribution is 2.27. The summed E-state index contributed by atoms with van der Waals surface area (Å²) in [6.45, 7) is -0.950. The molecular formula is C8H7ClFNO3. The van der Waals surface area contributed by atoms with Crippen molar-refractivity contribution in [1.82, 2.24) is 0 Å². The third kappa shape index (κ3) is 2.18. The van der Waals surface area contributed by atoms with Crippen LogP contribution in [0.15, 0.2) is 18.2 Å². The quantitative estimate of drug-likeness (QED) is 0.626. The van der Waals surface area contributed by atoms with Crippen LogP contribution in [-0.4, -0.2) is 16.7 Å². The molecule has 1 atom stereocenters. The Morgan fingerprint density at radius 2 is 2.29 bits per heavy atom. The van der Waals surface area contributed by atoms with Crippen LogP contribution in [0.4, 0.5) is 10.1 Å². The Kier molecular flexibility index (Phi) is 3.38. The second kappa shape index (κ2) is 4.34. The summed E-state index contributed by atoms with van der Waals surface area (Å²) in [6, 6.07) is 3.59. The Hall–Kier alpha value is -1.20. The predicted molar refractivity (Wildman–Crippen MR) is 49.0 cm³/mol. The summed E-state index contributed by atoms with van der Waals surface area (Å²) in [5.74, 6) is 0. The van der Waals surface area contributed by atoms with Gasteiger partial charge in [-0.25, -0.2) is 4.39 Å². The average Bonchev–Trinajstić information content (AvgIpc) is 2.15. The second-order valence-corrected chi connectivity index (χ2v) is 3.05. The molecule has 0 aliphatic carbocycles. The Balaban J connectivity index is 3.06. The number of nitro groups is 1. The molecule has 0 bridgehead atoms. The van der Waals surface area contributed by atoms with Crippen molar-refractivity contribution < 1.29 is 14.4 Å². The zero-order chi connectivity index (χ0) is 10.7. The summed E-state index contributed by atoms with van der Waals surface area (Å²) in [4.78, 5) is 9.71. The van der Waals surface area contributed by atoms with Gasteiger partial charge in [0.2, 0.25) is 0 Å². The van der Waals surface area contributed by atoms with Gasteiger partial charge in [0.05, 0.1) is 4.92 Å². The van der Waals surface area contributed by atoms with E-state index < -0.39 is 17.7 Å². The SMILES string of the molecule is O=[N+]([O-])c1ccc(C(O)CF)cc1Cl. The maximum atomic E-state index is 12.0. The van der Waals surface area contributed by atoms with Gasteiger partial charge in [-0.15, -0.1) is 0 Å². The van der Waals surface area contributed by atoms with Gasteiger partial charge >= 0.3 is 0 Å². The fourth-order valence-electron chi connectivity index (χ4n) is 0.968. The minimum atomic E-state index is -1.28. The Bertz CT molecular complexity index is 358. The fourth-order valence-corrected chi connectivity index (χ4v) is 1.23. The third-order valence-electron chi connectivity index (χ3n) is 1.70. The molecule has 1 unspecified atom stereocenters. The van der Waals surface area contributed by atoms with Gasteiger partial charge in [-0.1, -0.05) is 11.6 Å². The zero-order valence-corrected chi connectivity index (χ0v) is 7.74. The highest BCUT2D eigenvalue weighted by molar-refractivity contribution is 6.32. The normalized spacial score (nSPS) is 12.5. The summed E-state index contributed by atoms with van der Waals surface area (Å²) in [5, 5.41) is 19.3. The van der Waals surface area contributed by atoms with Crippen molar-refractivity contribution in [1.29, 1.82) is 0 Å². The van der Waals surface area contributed by atoms with E-state index in [9.17, 15) is 14.5 Å². The van der Waals surface area contributed by atoms with E-state index in [1.807, 2.05) is 0 Å². The van der Waals surface area contributed by atoms with Gasteiger partial charge < -0.3 is 5.11 Å². The predicted octanol–water partition coefficient (Wildman–Crippen LogP) is 2.25. The number of alkyl halides is 1. The van der Waals surface area contributed by atoms with Gasteiger partial charge in [0.1, 0.15) is 17.8 Å². The lowest BCUT2D eigenvalue weighted by Crippen LogP contribution is -1.99. The van der Waals surface area contributed by atoms with Crippen LogP contribution in [0, 0.1) is 10.1 Å². The smallest absolute Gasteiger partial charge is 0.287 e. The summed E-state index contributed by atoms with van der Waals surface area (Å²) in [7, 11) is 0. The molecule has 1 aromatic carbocycles. The third-order valence-corrected chi connectivity index (χ3v) is 2.00. The fraction of sp³-hybridized carbons (Fsp3) is 0.250. The van der Waals surface area contributed by atoms with Crippen LogP contribution in [0.2, 0.25) is 5.02 Å². The van der Waals surface area contributed by atoms with E-state index in [0.29, 0.717) is 0 Å². The molecule has 0 fully saturated rings. The first-order valence-electron chi connectivity index (χ1n) is 3.74. The monoisotopic (exact) mass is 219 g/mol. The van der Waals surface area contributed by atoms with Crippen LogP contribution in [0.3, 0.4) is 0 Å². The number of benzene rings is 1. The van der Waals surface area contributed by atoms with Crippen LogP contribution in [0.5, 0.6) is 0 Å². The topological polar surface area (TPSA) is 63.4 Å². The molecule has 0 saturated carbocycles. The molecule has 0 aliphatic heterocycles. The van der Waals surface area contributed by atoms with Gasteiger partial charge in [0, 0.05) is 6.07 Å². The summed E-state index contributed by atoms with van der Waals surface area (Å²) < 4.78 is 12.0. The molecule has 0 radical (unpaired) electrons. The molecule has 6 heteroatoms. The van der Waals surface area contributed by atoms with Crippen LogP contribution >= 0.6 is 11.6 Å². The Labute approximate surface area is 84.1 Å². The maximum absolute atomic E-state index is 12.0. The van der Waals surface area contributed by atoms with Crippen molar-refractivity contribution in [2.75, 3.05) is 6.67 Å². The minimum Gasteiger partial charge on any atom is -0.386 e. The number of nitro benzene ring substituents is 1. The maximum Gasteiger partial charge on any atom is 0.287 e. The summed E-state index contributed by atoms with van der Waals surface area (Å²) >= 11 is 5.55. The number of hydrogen-bond acceptors (Lipinski definition) is 3. The van der Waals surface area contributed by atoms with Gasteiger partial charge in [-0.3, -0.25) is 10.1 Å². The van der Waals surface area contributed by atoms with Crippen molar-refractivity contribution in [2.45, 2.75) is 6.10 Å². The van der Waals surface area contributed by atoms with Crippen LogP contribution in [0.25, 0.3) is 0 Å². The molecule has 4 nitrogen and oxygen atoms in total. The molecule has 14 heavy (non-hydrogen) atoms. The standard InChI is InChI=1S/C8H7ClFNO3/c9-6-3-5(8(12)4-10)1-2-7(6)11(13)14/h1-3,8,12H,4H2. The lowest BCUT2D eigenvalue weighted by Gasteiger charge is -2.06. The van der Waals surface area contributed by atoms with Crippen molar-refractivity contribution in [3.05, 3.63) is 38.9 Å². The second-order valence-electron chi connectivity index (χ2n) is 2.64. The molecule has 1 N–H and O–H groups in total. The van der Waals surface area contributed by atoms with Gasteiger partial charge in [0.25, 0.3) is 5.69 Å². The molecule has 0 aliphatic rings. The first-order chi connectivity index (χ1) is 6.56. The lowest BCUT2D eigenvalue weighted by atomic mass is 10.1. The molecule has 1 rings (SSSR count). The van der Waals surface area contributed by atoms with Crippen LogP contribution < -0.4 is 0 Å².